The van der Waals surface area contributed by atoms with Crippen LogP contribution in [0.3, 0.4) is 0 Å². The van der Waals surface area contributed by atoms with E-state index >= 15 is 0 Å². The molecular weight excluding hydrogens is 363 g/mol. The molecule has 2 rings (SSSR count). The predicted molar refractivity (Wildman–Crippen MR) is 105 cm³/mol. The Labute approximate surface area is 165 Å². The van der Waals surface area contributed by atoms with Crippen molar-refractivity contribution >= 4 is 19.1 Å². The van der Waals surface area contributed by atoms with E-state index in [4.69, 9.17) is 15.8 Å². The number of nitrogens with zero attached hydrogens (tertiary/aromatic N) is 1. The number of benzene rings is 1. The summed E-state index contributed by atoms with van der Waals surface area (Å²) in [6, 6.07) is 6.90. The first-order valence-electron chi connectivity index (χ1n) is 9.66. The number of unbranched alkanes of at least 4 members (excludes halogenated alkanes) is 1. The van der Waals surface area contributed by atoms with Crippen LogP contribution in [0.15, 0.2) is 24.3 Å². The number of aliphatic carboxylic acids is 1. The van der Waals surface area contributed by atoms with Gasteiger partial charge in [-0.1, -0.05) is 31.0 Å². The van der Waals surface area contributed by atoms with Crippen LogP contribution in [0.1, 0.15) is 48.0 Å². The molecule has 0 aliphatic carbocycles. The maximum atomic E-state index is 11.8. The molecule has 1 aliphatic rings. The summed E-state index contributed by atoms with van der Waals surface area (Å²) < 4.78 is 0. The van der Waals surface area contributed by atoms with Crippen LogP contribution in [-0.4, -0.2) is 62.8 Å². The van der Waals surface area contributed by atoms with Crippen molar-refractivity contribution in [3.05, 3.63) is 35.4 Å². The standard InChI is InChI=1S/C19H29BN2O6/c21-19(18(25)26,9-3-4-10-20(27)28)15-7-11-22(12-8-15)13-14-5-1-2-6-16(14)17(23)24/h1-2,5-6,15,27-28H,3-4,7-13,21H2,(H,23,24)(H,25,26). The van der Waals surface area contributed by atoms with Crippen LogP contribution in [0, 0.1) is 5.92 Å². The van der Waals surface area contributed by atoms with Gasteiger partial charge in [-0.2, -0.15) is 0 Å². The van der Waals surface area contributed by atoms with Crippen molar-refractivity contribution in [3.63, 3.8) is 0 Å². The fourth-order valence-electron chi connectivity index (χ4n) is 3.94. The average Bonchev–Trinajstić information content (AvgIpc) is 2.65. The maximum Gasteiger partial charge on any atom is 0.451 e. The fourth-order valence-corrected chi connectivity index (χ4v) is 3.94. The zero-order chi connectivity index (χ0) is 20.7. The highest BCUT2D eigenvalue weighted by molar-refractivity contribution is 6.40. The van der Waals surface area contributed by atoms with Gasteiger partial charge in [0.2, 0.25) is 0 Å². The fraction of sp³-hybridized carbons (Fsp3) is 0.579. The Morgan fingerprint density at radius 2 is 1.79 bits per heavy atom. The van der Waals surface area contributed by atoms with Gasteiger partial charge in [0.05, 0.1) is 5.56 Å². The van der Waals surface area contributed by atoms with Crippen molar-refractivity contribution in [1.29, 1.82) is 0 Å². The highest BCUT2D eigenvalue weighted by Crippen LogP contribution is 2.32. The SMILES string of the molecule is NC(CCCCB(O)O)(C(=O)O)C1CCN(Cc2ccccc2C(=O)O)CC1. The number of likely N-dealkylation sites (tertiary alicyclic amines) is 1. The summed E-state index contributed by atoms with van der Waals surface area (Å²) in [5, 5.41) is 36.8. The number of piperidine rings is 1. The molecule has 0 radical (unpaired) electrons. The first-order valence-corrected chi connectivity index (χ1v) is 9.66. The topological polar surface area (TPSA) is 144 Å². The second kappa shape index (κ2) is 10.0. The average molecular weight is 392 g/mol. The van der Waals surface area contributed by atoms with Gasteiger partial charge in [-0.25, -0.2) is 4.79 Å². The molecular formula is C19H29BN2O6. The van der Waals surface area contributed by atoms with Gasteiger partial charge in [0.1, 0.15) is 5.54 Å². The molecule has 6 N–H and O–H groups in total. The number of hydrogen-bond acceptors (Lipinski definition) is 6. The highest BCUT2D eigenvalue weighted by Gasteiger charge is 2.42. The van der Waals surface area contributed by atoms with Crippen molar-refractivity contribution in [2.45, 2.75) is 50.5 Å². The molecule has 0 spiro atoms. The third kappa shape index (κ3) is 5.78. The van der Waals surface area contributed by atoms with Crippen molar-refractivity contribution in [3.8, 4) is 0 Å². The third-order valence-corrected chi connectivity index (χ3v) is 5.66. The number of hydrogen-bond donors (Lipinski definition) is 5. The van der Waals surface area contributed by atoms with E-state index in [0.717, 1.165) is 5.56 Å². The van der Waals surface area contributed by atoms with E-state index in [2.05, 4.69) is 4.90 Å². The summed E-state index contributed by atoms with van der Waals surface area (Å²) in [4.78, 5) is 25.3. The van der Waals surface area contributed by atoms with Crippen LogP contribution in [0.5, 0.6) is 0 Å². The van der Waals surface area contributed by atoms with Gasteiger partial charge < -0.3 is 26.0 Å². The van der Waals surface area contributed by atoms with E-state index in [0.29, 0.717) is 51.7 Å². The normalized spacial score (nSPS) is 17.8. The Morgan fingerprint density at radius 1 is 1.14 bits per heavy atom. The molecule has 8 nitrogen and oxygen atoms in total. The summed E-state index contributed by atoms with van der Waals surface area (Å²) >= 11 is 0. The molecule has 0 bridgehead atoms. The van der Waals surface area contributed by atoms with E-state index in [-0.39, 0.29) is 17.8 Å². The zero-order valence-electron chi connectivity index (χ0n) is 16.0. The molecule has 1 aromatic rings. The van der Waals surface area contributed by atoms with Gasteiger partial charge >= 0.3 is 19.1 Å². The van der Waals surface area contributed by atoms with Crippen molar-refractivity contribution in [2.24, 2.45) is 11.7 Å². The molecule has 0 amide bonds. The van der Waals surface area contributed by atoms with E-state index in [1.54, 1.807) is 18.2 Å². The zero-order valence-corrected chi connectivity index (χ0v) is 16.0. The molecule has 28 heavy (non-hydrogen) atoms. The van der Waals surface area contributed by atoms with Crippen LogP contribution < -0.4 is 5.73 Å². The molecule has 1 fully saturated rings. The van der Waals surface area contributed by atoms with Crippen LogP contribution in [0.25, 0.3) is 0 Å². The van der Waals surface area contributed by atoms with Gasteiger partial charge in [0, 0.05) is 6.54 Å². The van der Waals surface area contributed by atoms with Crippen LogP contribution in [-0.2, 0) is 11.3 Å². The molecule has 9 heteroatoms. The van der Waals surface area contributed by atoms with E-state index in [9.17, 15) is 19.8 Å². The maximum absolute atomic E-state index is 11.8. The lowest BCUT2D eigenvalue weighted by Crippen LogP contribution is -2.56. The summed E-state index contributed by atoms with van der Waals surface area (Å²) in [5.41, 5.74) is 5.98. The van der Waals surface area contributed by atoms with Gasteiger partial charge in [0.15, 0.2) is 0 Å². The first-order chi connectivity index (χ1) is 13.2. The van der Waals surface area contributed by atoms with E-state index in [1.807, 2.05) is 6.07 Å². The number of nitrogens with two attached hydrogens (primary N) is 1. The van der Waals surface area contributed by atoms with Crippen LogP contribution in [0.2, 0.25) is 6.32 Å². The monoisotopic (exact) mass is 392 g/mol. The van der Waals surface area contributed by atoms with Gasteiger partial charge in [0.25, 0.3) is 0 Å². The van der Waals surface area contributed by atoms with E-state index in [1.165, 1.54) is 0 Å². The summed E-state index contributed by atoms with van der Waals surface area (Å²) in [6.45, 7) is 1.81. The van der Waals surface area contributed by atoms with Gasteiger partial charge in [-0.3, -0.25) is 9.69 Å². The minimum Gasteiger partial charge on any atom is -0.480 e. The molecule has 1 aliphatic heterocycles. The molecule has 1 saturated heterocycles. The molecule has 1 aromatic carbocycles. The number of carboxylic acid groups (broad SMARTS) is 2. The summed E-state index contributed by atoms with van der Waals surface area (Å²) in [7, 11) is -1.38. The lowest BCUT2D eigenvalue weighted by atomic mass is 9.74. The summed E-state index contributed by atoms with van der Waals surface area (Å²) in [6.07, 6.45) is 2.78. The largest absolute Gasteiger partial charge is 0.480 e. The molecule has 0 aromatic heterocycles. The highest BCUT2D eigenvalue weighted by atomic mass is 16.4. The van der Waals surface area contributed by atoms with Crippen molar-refractivity contribution < 1.29 is 29.9 Å². The second-order valence-electron chi connectivity index (χ2n) is 7.58. The van der Waals surface area contributed by atoms with Gasteiger partial charge in [-0.05, 0) is 56.2 Å². The second-order valence-corrected chi connectivity index (χ2v) is 7.58. The number of aromatic carboxylic acids is 1. The van der Waals surface area contributed by atoms with E-state index < -0.39 is 24.6 Å². The first kappa shape index (κ1) is 22.4. The quantitative estimate of drug-likeness (QED) is 0.293. The van der Waals surface area contributed by atoms with Crippen LogP contribution >= 0.6 is 0 Å². The van der Waals surface area contributed by atoms with Crippen LogP contribution in [0.4, 0.5) is 0 Å². The van der Waals surface area contributed by atoms with Crippen molar-refractivity contribution in [2.75, 3.05) is 13.1 Å². The number of carbonyl (C=O) groups is 2. The Kier molecular flexibility index (Phi) is 8.00. The Bertz CT molecular complexity index is 678. The molecule has 154 valence electrons. The summed E-state index contributed by atoms with van der Waals surface area (Å²) in [5.74, 6) is -2.15. The minimum atomic E-state index is -1.38. The Balaban J connectivity index is 1.93. The number of carboxylic acids is 2. The van der Waals surface area contributed by atoms with Crippen molar-refractivity contribution in [1.82, 2.24) is 4.90 Å². The molecule has 1 unspecified atom stereocenters. The van der Waals surface area contributed by atoms with Gasteiger partial charge in [-0.15, -0.1) is 0 Å². The Morgan fingerprint density at radius 3 is 2.36 bits per heavy atom. The molecule has 1 heterocycles. The minimum absolute atomic E-state index is 0.171. The smallest absolute Gasteiger partial charge is 0.451 e. The Hall–Kier alpha value is -1.94. The molecule has 0 saturated carbocycles. The molecule has 1 atom stereocenters. The number of rotatable bonds is 10. The predicted octanol–water partition coefficient (Wildman–Crippen LogP) is 1.02. The lowest BCUT2D eigenvalue weighted by Gasteiger charge is -2.40. The lowest BCUT2D eigenvalue weighted by molar-refractivity contribution is -0.147. The third-order valence-electron chi connectivity index (χ3n) is 5.66.